The van der Waals surface area contributed by atoms with Crippen molar-refractivity contribution >= 4 is 11.8 Å². The molecule has 0 aliphatic carbocycles. The summed E-state index contributed by atoms with van der Waals surface area (Å²) in [6.45, 7) is 2.93. The molecule has 0 amide bonds. The molecule has 17 heavy (non-hydrogen) atoms. The van der Waals surface area contributed by atoms with Gasteiger partial charge >= 0.3 is 5.97 Å². The number of methoxy groups -OCH3 is 1. The highest BCUT2D eigenvalue weighted by Gasteiger charge is 2.01. The monoisotopic (exact) mass is 238 g/mol. The number of nitrogens with zero attached hydrogens (tertiary/aromatic N) is 1. The van der Waals surface area contributed by atoms with Crippen molar-refractivity contribution in [2.24, 2.45) is 0 Å². The van der Waals surface area contributed by atoms with Gasteiger partial charge in [-0.3, -0.25) is 4.79 Å². The smallest absolute Gasteiger partial charge is 0.305 e. The summed E-state index contributed by atoms with van der Waals surface area (Å²) in [4.78, 5) is 15.2. The molecule has 0 unspecified atom stereocenters. The van der Waals surface area contributed by atoms with E-state index in [0.717, 1.165) is 18.0 Å². The summed E-state index contributed by atoms with van der Waals surface area (Å²) in [7, 11) is 1.60. The third-order valence-electron chi connectivity index (χ3n) is 2.14. The van der Waals surface area contributed by atoms with Crippen LogP contribution in [0.3, 0.4) is 0 Å². The summed E-state index contributed by atoms with van der Waals surface area (Å²) < 4.78 is 9.83. The van der Waals surface area contributed by atoms with E-state index in [0.29, 0.717) is 19.6 Å². The van der Waals surface area contributed by atoms with Crippen LogP contribution in [0, 0.1) is 0 Å². The highest BCUT2D eigenvalue weighted by molar-refractivity contribution is 5.69. The van der Waals surface area contributed by atoms with Crippen molar-refractivity contribution in [1.29, 1.82) is 0 Å². The number of hydrogen-bond acceptors (Lipinski definition) is 5. The molecule has 0 spiro atoms. The molecule has 1 aromatic rings. The lowest BCUT2D eigenvalue weighted by molar-refractivity contribution is -0.143. The van der Waals surface area contributed by atoms with Crippen LogP contribution in [0.5, 0.6) is 5.75 Å². The third kappa shape index (κ3) is 5.19. The van der Waals surface area contributed by atoms with Crippen LogP contribution in [0.4, 0.5) is 5.82 Å². The molecule has 94 valence electrons. The molecule has 1 N–H and O–H groups in total. The number of carbonyl (C=O) groups excluding carboxylic acids is 1. The van der Waals surface area contributed by atoms with E-state index in [-0.39, 0.29) is 5.97 Å². The van der Waals surface area contributed by atoms with Gasteiger partial charge in [0.25, 0.3) is 0 Å². The molecule has 0 fully saturated rings. The molecule has 0 aliphatic heterocycles. The Morgan fingerprint density at radius 3 is 2.88 bits per heavy atom. The minimum Gasteiger partial charge on any atom is -0.495 e. The number of aromatic nitrogens is 1. The number of esters is 1. The van der Waals surface area contributed by atoms with E-state index >= 15 is 0 Å². The largest absolute Gasteiger partial charge is 0.495 e. The molecule has 1 rings (SSSR count). The molecule has 5 heteroatoms. The Bertz CT molecular complexity index is 338. The first-order chi connectivity index (χ1) is 8.26. The second-order valence-corrected chi connectivity index (χ2v) is 3.42. The van der Waals surface area contributed by atoms with Crippen molar-refractivity contribution in [3.05, 3.63) is 18.3 Å². The number of hydrogen-bond donors (Lipinski definition) is 1. The standard InChI is InChI=1S/C12H18N2O3/c1-3-17-12(15)5-4-8-13-11-7-6-10(16-2)9-14-11/h6-7,9H,3-5,8H2,1-2H3,(H,13,14). The van der Waals surface area contributed by atoms with Crippen molar-refractivity contribution in [2.75, 3.05) is 25.6 Å². The zero-order valence-corrected chi connectivity index (χ0v) is 10.2. The molecule has 0 saturated carbocycles. The highest BCUT2D eigenvalue weighted by Crippen LogP contribution is 2.11. The maximum absolute atomic E-state index is 11.1. The van der Waals surface area contributed by atoms with Crippen molar-refractivity contribution in [3.63, 3.8) is 0 Å². The predicted molar refractivity (Wildman–Crippen MR) is 65.1 cm³/mol. The zero-order chi connectivity index (χ0) is 12.5. The summed E-state index contributed by atoms with van der Waals surface area (Å²) in [5.41, 5.74) is 0. The van der Waals surface area contributed by atoms with Gasteiger partial charge < -0.3 is 14.8 Å². The quantitative estimate of drug-likeness (QED) is 0.580. The average Bonchev–Trinajstić information content (AvgIpc) is 2.36. The minimum atomic E-state index is -0.156. The maximum Gasteiger partial charge on any atom is 0.305 e. The molecule has 0 radical (unpaired) electrons. The Hall–Kier alpha value is -1.78. The van der Waals surface area contributed by atoms with Gasteiger partial charge in [-0.05, 0) is 25.5 Å². The van der Waals surface area contributed by atoms with Gasteiger partial charge in [0.2, 0.25) is 0 Å². The Balaban J connectivity index is 2.19. The SMILES string of the molecule is CCOC(=O)CCCNc1ccc(OC)cn1. The van der Waals surface area contributed by atoms with Crippen molar-refractivity contribution in [2.45, 2.75) is 19.8 Å². The van der Waals surface area contributed by atoms with Gasteiger partial charge in [0.05, 0.1) is 19.9 Å². The summed E-state index contributed by atoms with van der Waals surface area (Å²) in [6.07, 6.45) is 2.80. The van der Waals surface area contributed by atoms with Crippen molar-refractivity contribution < 1.29 is 14.3 Å². The molecular weight excluding hydrogens is 220 g/mol. The molecule has 0 bridgehead atoms. The lowest BCUT2D eigenvalue weighted by Crippen LogP contribution is -2.08. The first-order valence-corrected chi connectivity index (χ1v) is 5.65. The van der Waals surface area contributed by atoms with E-state index in [4.69, 9.17) is 9.47 Å². The number of rotatable bonds is 7. The van der Waals surface area contributed by atoms with Gasteiger partial charge in [0.1, 0.15) is 11.6 Å². The molecule has 0 aliphatic rings. The molecular formula is C12H18N2O3. The summed E-state index contributed by atoms with van der Waals surface area (Å²) in [5.74, 6) is 1.34. The Labute approximate surface area is 101 Å². The fourth-order valence-electron chi connectivity index (χ4n) is 1.29. The summed E-state index contributed by atoms with van der Waals surface area (Å²) in [6, 6.07) is 3.67. The molecule has 1 aromatic heterocycles. The van der Waals surface area contributed by atoms with Gasteiger partial charge in [-0.1, -0.05) is 0 Å². The predicted octanol–water partition coefficient (Wildman–Crippen LogP) is 1.85. The summed E-state index contributed by atoms with van der Waals surface area (Å²) in [5, 5.41) is 3.12. The highest BCUT2D eigenvalue weighted by atomic mass is 16.5. The molecule has 1 heterocycles. The minimum absolute atomic E-state index is 0.156. The van der Waals surface area contributed by atoms with Crippen LogP contribution in [0.2, 0.25) is 0 Å². The fraction of sp³-hybridized carbons (Fsp3) is 0.500. The Morgan fingerprint density at radius 2 is 2.29 bits per heavy atom. The van der Waals surface area contributed by atoms with Gasteiger partial charge in [-0.15, -0.1) is 0 Å². The van der Waals surface area contributed by atoms with Gasteiger partial charge in [0.15, 0.2) is 0 Å². The van der Waals surface area contributed by atoms with Crippen molar-refractivity contribution in [1.82, 2.24) is 4.98 Å². The fourth-order valence-corrected chi connectivity index (χ4v) is 1.29. The Kier molecular flexibility index (Phi) is 5.85. The average molecular weight is 238 g/mol. The van der Waals surface area contributed by atoms with E-state index < -0.39 is 0 Å². The van der Waals surface area contributed by atoms with E-state index in [1.165, 1.54) is 0 Å². The zero-order valence-electron chi connectivity index (χ0n) is 10.2. The van der Waals surface area contributed by atoms with Crippen LogP contribution in [-0.4, -0.2) is 31.2 Å². The van der Waals surface area contributed by atoms with Crippen LogP contribution in [0.15, 0.2) is 18.3 Å². The second kappa shape index (κ2) is 7.49. The first kappa shape index (κ1) is 13.3. The van der Waals surface area contributed by atoms with Gasteiger partial charge in [0, 0.05) is 13.0 Å². The number of anilines is 1. The van der Waals surface area contributed by atoms with Crippen LogP contribution in [0.25, 0.3) is 0 Å². The lowest BCUT2D eigenvalue weighted by Gasteiger charge is -2.06. The maximum atomic E-state index is 11.1. The van der Waals surface area contributed by atoms with E-state index in [9.17, 15) is 4.79 Å². The molecule has 0 atom stereocenters. The third-order valence-corrected chi connectivity index (χ3v) is 2.14. The van der Waals surface area contributed by atoms with E-state index in [1.807, 2.05) is 12.1 Å². The van der Waals surface area contributed by atoms with E-state index in [2.05, 4.69) is 10.3 Å². The van der Waals surface area contributed by atoms with Crippen molar-refractivity contribution in [3.8, 4) is 5.75 Å². The van der Waals surface area contributed by atoms with Gasteiger partial charge in [-0.25, -0.2) is 4.98 Å². The normalized spacial score (nSPS) is 9.76. The van der Waals surface area contributed by atoms with Crippen LogP contribution in [0.1, 0.15) is 19.8 Å². The van der Waals surface area contributed by atoms with Crippen LogP contribution in [-0.2, 0) is 9.53 Å². The summed E-state index contributed by atoms with van der Waals surface area (Å²) >= 11 is 0. The molecule has 0 aromatic carbocycles. The van der Waals surface area contributed by atoms with Gasteiger partial charge in [-0.2, -0.15) is 0 Å². The second-order valence-electron chi connectivity index (χ2n) is 3.42. The lowest BCUT2D eigenvalue weighted by atomic mass is 10.3. The Morgan fingerprint density at radius 1 is 1.47 bits per heavy atom. The number of pyridine rings is 1. The van der Waals surface area contributed by atoms with Crippen LogP contribution < -0.4 is 10.1 Å². The van der Waals surface area contributed by atoms with E-state index in [1.54, 1.807) is 20.2 Å². The molecule has 0 saturated heterocycles. The molecule has 5 nitrogen and oxygen atoms in total. The first-order valence-electron chi connectivity index (χ1n) is 5.65. The number of ether oxygens (including phenoxy) is 2. The number of nitrogens with one attached hydrogen (secondary N) is 1. The number of carbonyl (C=O) groups is 1. The topological polar surface area (TPSA) is 60.5 Å². The van der Waals surface area contributed by atoms with Crippen LogP contribution >= 0.6 is 0 Å².